The van der Waals surface area contributed by atoms with Gasteiger partial charge in [0.1, 0.15) is 0 Å². The Kier molecular flexibility index (Phi) is 2.96. The molecule has 2 saturated carbocycles. The van der Waals surface area contributed by atoms with Crippen LogP contribution in [-0.4, -0.2) is 10.7 Å². The second-order valence-corrected chi connectivity index (χ2v) is 5.09. The summed E-state index contributed by atoms with van der Waals surface area (Å²) in [7, 11) is 0. The minimum atomic E-state index is -0.526. The molecule has 0 saturated heterocycles. The van der Waals surface area contributed by atoms with E-state index < -0.39 is 5.60 Å². The van der Waals surface area contributed by atoms with Gasteiger partial charge in [-0.2, -0.15) is 0 Å². The van der Waals surface area contributed by atoms with E-state index in [0.717, 1.165) is 12.3 Å². The van der Waals surface area contributed by atoms with Crippen LogP contribution in [0.4, 0.5) is 0 Å². The van der Waals surface area contributed by atoms with Gasteiger partial charge in [-0.3, -0.25) is 0 Å². The van der Waals surface area contributed by atoms with Crippen LogP contribution >= 0.6 is 0 Å². The van der Waals surface area contributed by atoms with Crippen molar-refractivity contribution < 1.29 is 5.11 Å². The molecule has 2 unspecified atom stereocenters. The largest absolute Gasteiger partial charge is 0.386 e. The third-order valence-corrected chi connectivity index (χ3v) is 4.31. The van der Waals surface area contributed by atoms with Gasteiger partial charge in [-0.25, -0.2) is 0 Å². The third kappa shape index (κ3) is 1.75. The molecular formula is C13H22O. The highest BCUT2D eigenvalue weighted by Gasteiger charge is 2.42. The Morgan fingerprint density at radius 3 is 2.43 bits per heavy atom. The Balaban J connectivity index is 2.04. The van der Waals surface area contributed by atoms with Gasteiger partial charge in [-0.15, -0.1) is 6.58 Å². The van der Waals surface area contributed by atoms with Gasteiger partial charge in [0.2, 0.25) is 0 Å². The maximum Gasteiger partial charge on any atom is 0.0855 e. The van der Waals surface area contributed by atoms with Crippen molar-refractivity contribution in [2.45, 2.75) is 57.0 Å². The van der Waals surface area contributed by atoms with Gasteiger partial charge in [-0.1, -0.05) is 38.2 Å². The Labute approximate surface area is 87.2 Å². The highest BCUT2D eigenvalue weighted by atomic mass is 16.3. The predicted molar refractivity (Wildman–Crippen MR) is 59.1 cm³/mol. The molecule has 14 heavy (non-hydrogen) atoms. The van der Waals surface area contributed by atoms with Gasteiger partial charge in [0.05, 0.1) is 5.60 Å². The zero-order valence-electron chi connectivity index (χ0n) is 9.04. The highest BCUT2D eigenvalue weighted by molar-refractivity contribution is 5.06. The molecule has 2 atom stereocenters. The Hall–Kier alpha value is -0.300. The van der Waals surface area contributed by atoms with Crippen LogP contribution in [0.2, 0.25) is 0 Å². The molecule has 0 aliphatic heterocycles. The number of hydrogen-bond donors (Lipinski definition) is 1. The minimum absolute atomic E-state index is 0.514. The van der Waals surface area contributed by atoms with Gasteiger partial charge >= 0.3 is 0 Å². The lowest BCUT2D eigenvalue weighted by Crippen LogP contribution is -2.36. The maximum atomic E-state index is 10.4. The zero-order valence-corrected chi connectivity index (χ0v) is 9.04. The molecule has 0 amide bonds. The molecule has 2 rings (SSSR count). The SMILES string of the molecule is C=CC1(O)CCCC1C1CCCCC1. The van der Waals surface area contributed by atoms with Crippen LogP contribution in [0.25, 0.3) is 0 Å². The molecule has 1 N–H and O–H groups in total. The van der Waals surface area contributed by atoms with Gasteiger partial charge in [-0.05, 0) is 31.1 Å². The molecule has 1 nitrogen and oxygen atoms in total. The maximum absolute atomic E-state index is 10.4. The Bertz CT molecular complexity index is 205. The van der Waals surface area contributed by atoms with E-state index in [1.54, 1.807) is 6.08 Å². The third-order valence-electron chi connectivity index (χ3n) is 4.31. The summed E-state index contributed by atoms with van der Waals surface area (Å²) in [6, 6.07) is 0. The monoisotopic (exact) mass is 194 g/mol. The van der Waals surface area contributed by atoms with Gasteiger partial charge in [0.15, 0.2) is 0 Å². The van der Waals surface area contributed by atoms with E-state index in [1.807, 2.05) is 0 Å². The number of hydrogen-bond acceptors (Lipinski definition) is 1. The second-order valence-electron chi connectivity index (χ2n) is 5.09. The van der Waals surface area contributed by atoms with E-state index in [1.165, 1.54) is 44.9 Å². The normalized spacial score (nSPS) is 39.9. The first kappa shape index (κ1) is 10.2. The van der Waals surface area contributed by atoms with Crippen molar-refractivity contribution in [3.8, 4) is 0 Å². The molecule has 0 spiro atoms. The van der Waals surface area contributed by atoms with Crippen LogP contribution in [0.3, 0.4) is 0 Å². The fourth-order valence-corrected chi connectivity index (χ4v) is 3.47. The highest BCUT2D eigenvalue weighted by Crippen LogP contribution is 2.45. The summed E-state index contributed by atoms with van der Waals surface area (Å²) in [4.78, 5) is 0. The van der Waals surface area contributed by atoms with E-state index in [-0.39, 0.29) is 0 Å². The van der Waals surface area contributed by atoms with Crippen LogP contribution < -0.4 is 0 Å². The molecule has 2 aliphatic rings. The van der Waals surface area contributed by atoms with Crippen LogP contribution in [0, 0.1) is 11.8 Å². The lowest BCUT2D eigenvalue weighted by Gasteiger charge is -2.35. The van der Waals surface area contributed by atoms with Crippen LogP contribution in [0.15, 0.2) is 12.7 Å². The van der Waals surface area contributed by atoms with E-state index in [9.17, 15) is 5.11 Å². The number of aliphatic hydroxyl groups is 1. The predicted octanol–water partition coefficient (Wildman–Crippen LogP) is 3.28. The van der Waals surface area contributed by atoms with Crippen LogP contribution in [-0.2, 0) is 0 Å². The van der Waals surface area contributed by atoms with Crippen molar-refractivity contribution in [3.05, 3.63) is 12.7 Å². The molecule has 2 aliphatic carbocycles. The molecule has 0 radical (unpaired) electrons. The number of rotatable bonds is 2. The first-order chi connectivity index (χ1) is 6.76. The lowest BCUT2D eigenvalue weighted by atomic mass is 9.73. The summed E-state index contributed by atoms with van der Waals surface area (Å²) >= 11 is 0. The first-order valence-corrected chi connectivity index (χ1v) is 6.12. The van der Waals surface area contributed by atoms with E-state index in [2.05, 4.69) is 6.58 Å². The van der Waals surface area contributed by atoms with Crippen molar-refractivity contribution >= 4 is 0 Å². The van der Waals surface area contributed by atoms with Crippen molar-refractivity contribution in [2.75, 3.05) is 0 Å². The Morgan fingerprint density at radius 1 is 1.07 bits per heavy atom. The molecule has 0 aromatic rings. The van der Waals surface area contributed by atoms with E-state index in [4.69, 9.17) is 0 Å². The van der Waals surface area contributed by atoms with Gasteiger partial charge in [0.25, 0.3) is 0 Å². The van der Waals surface area contributed by atoms with Crippen LogP contribution in [0.5, 0.6) is 0 Å². The fourth-order valence-electron chi connectivity index (χ4n) is 3.47. The molecule has 0 aromatic heterocycles. The average molecular weight is 194 g/mol. The zero-order chi connectivity index (χ0) is 10.0. The minimum Gasteiger partial charge on any atom is -0.386 e. The van der Waals surface area contributed by atoms with E-state index in [0.29, 0.717) is 5.92 Å². The Morgan fingerprint density at radius 2 is 1.79 bits per heavy atom. The quantitative estimate of drug-likeness (QED) is 0.669. The standard InChI is InChI=1S/C13H22O/c1-2-13(14)10-6-9-12(13)11-7-4-3-5-8-11/h2,11-12,14H,1,3-10H2. The smallest absolute Gasteiger partial charge is 0.0855 e. The second kappa shape index (κ2) is 4.06. The lowest BCUT2D eigenvalue weighted by molar-refractivity contribution is 0.0149. The first-order valence-electron chi connectivity index (χ1n) is 6.12. The van der Waals surface area contributed by atoms with Crippen molar-refractivity contribution in [1.82, 2.24) is 0 Å². The molecule has 0 heterocycles. The summed E-state index contributed by atoms with van der Waals surface area (Å²) in [5.41, 5.74) is -0.526. The summed E-state index contributed by atoms with van der Waals surface area (Å²) in [5.74, 6) is 1.29. The van der Waals surface area contributed by atoms with Gasteiger partial charge < -0.3 is 5.11 Å². The molecule has 0 aromatic carbocycles. The average Bonchev–Trinajstić information content (AvgIpc) is 2.63. The molecular weight excluding hydrogens is 172 g/mol. The van der Waals surface area contributed by atoms with Crippen molar-refractivity contribution in [1.29, 1.82) is 0 Å². The summed E-state index contributed by atoms with van der Waals surface area (Å²) in [5, 5.41) is 10.4. The summed E-state index contributed by atoms with van der Waals surface area (Å²) in [6.07, 6.45) is 12.0. The molecule has 80 valence electrons. The van der Waals surface area contributed by atoms with E-state index >= 15 is 0 Å². The van der Waals surface area contributed by atoms with Gasteiger partial charge in [0, 0.05) is 0 Å². The summed E-state index contributed by atoms with van der Waals surface area (Å²) in [6.45, 7) is 3.81. The topological polar surface area (TPSA) is 20.2 Å². The molecule has 2 fully saturated rings. The van der Waals surface area contributed by atoms with Crippen molar-refractivity contribution in [2.24, 2.45) is 11.8 Å². The fraction of sp³-hybridized carbons (Fsp3) is 0.846. The summed E-state index contributed by atoms with van der Waals surface area (Å²) < 4.78 is 0. The molecule has 1 heteroatoms. The molecule has 0 bridgehead atoms. The van der Waals surface area contributed by atoms with Crippen molar-refractivity contribution in [3.63, 3.8) is 0 Å². The van der Waals surface area contributed by atoms with Crippen LogP contribution in [0.1, 0.15) is 51.4 Å².